The van der Waals surface area contributed by atoms with Crippen LogP contribution in [0.15, 0.2) is 24.3 Å². The summed E-state index contributed by atoms with van der Waals surface area (Å²) in [5.41, 5.74) is 8.09. The molecular formula is C16H24ClN. The molecule has 100 valence electrons. The van der Waals surface area contributed by atoms with Gasteiger partial charge in [-0.1, -0.05) is 44.5 Å². The van der Waals surface area contributed by atoms with Gasteiger partial charge in [0.1, 0.15) is 0 Å². The van der Waals surface area contributed by atoms with E-state index in [-0.39, 0.29) is 5.54 Å². The minimum absolute atomic E-state index is 0.146. The summed E-state index contributed by atoms with van der Waals surface area (Å²) in [6.45, 7) is 7.01. The minimum Gasteiger partial charge on any atom is -0.321 e. The first kappa shape index (κ1) is 13.9. The maximum atomic E-state index is 6.59. The second-order valence-electron chi connectivity index (χ2n) is 6.80. The first-order valence-corrected chi connectivity index (χ1v) is 7.24. The quantitative estimate of drug-likeness (QED) is 0.780. The molecule has 18 heavy (non-hydrogen) atoms. The first-order valence-electron chi connectivity index (χ1n) is 6.86. The molecule has 2 N–H and O–H groups in total. The molecule has 1 aliphatic carbocycles. The van der Waals surface area contributed by atoms with Crippen molar-refractivity contribution in [1.29, 1.82) is 0 Å². The zero-order valence-corrected chi connectivity index (χ0v) is 12.4. The summed E-state index contributed by atoms with van der Waals surface area (Å²) in [4.78, 5) is 0. The lowest BCUT2D eigenvalue weighted by Crippen LogP contribution is -2.42. The summed E-state index contributed by atoms with van der Waals surface area (Å²) in [5.74, 6) is 0.793. The van der Waals surface area contributed by atoms with E-state index in [0.29, 0.717) is 5.41 Å². The molecule has 0 aromatic heterocycles. The van der Waals surface area contributed by atoms with Crippen molar-refractivity contribution in [3.8, 4) is 0 Å². The van der Waals surface area contributed by atoms with Crippen LogP contribution >= 0.6 is 11.6 Å². The molecule has 1 aromatic rings. The van der Waals surface area contributed by atoms with Crippen molar-refractivity contribution in [3.63, 3.8) is 0 Å². The number of halogens is 1. The molecule has 0 radical (unpaired) electrons. The zero-order chi connectivity index (χ0) is 13.4. The van der Waals surface area contributed by atoms with Crippen LogP contribution in [-0.4, -0.2) is 0 Å². The fraction of sp³-hybridized carbons (Fsp3) is 0.625. The van der Waals surface area contributed by atoms with Gasteiger partial charge in [-0.2, -0.15) is 0 Å². The third kappa shape index (κ3) is 2.89. The third-order valence-corrected chi connectivity index (χ3v) is 4.77. The Morgan fingerprint density at radius 1 is 1.11 bits per heavy atom. The van der Waals surface area contributed by atoms with Gasteiger partial charge in [0.05, 0.1) is 0 Å². The van der Waals surface area contributed by atoms with Crippen LogP contribution in [0, 0.1) is 11.3 Å². The van der Waals surface area contributed by atoms with E-state index >= 15 is 0 Å². The standard InChI is InChI=1S/C16H24ClN/c1-15(2,3)12-8-10-16(18,11-9-12)13-4-6-14(17)7-5-13/h4-7,12H,8-11,18H2,1-3H3. The van der Waals surface area contributed by atoms with Crippen LogP contribution < -0.4 is 5.73 Å². The van der Waals surface area contributed by atoms with Crippen LogP contribution in [-0.2, 0) is 5.54 Å². The highest BCUT2D eigenvalue weighted by atomic mass is 35.5. The Labute approximate surface area is 116 Å². The number of hydrogen-bond donors (Lipinski definition) is 1. The average Bonchev–Trinajstić information content (AvgIpc) is 2.29. The number of hydrogen-bond acceptors (Lipinski definition) is 1. The SMILES string of the molecule is CC(C)(C)C1CCC(N)(c2ccc(Cl)cc2)CC1. The Balaban J connectivity index is 2.10. The molecule has 1 nitrogen and oxygen atoms in total. The maximum Gasteiger partial charge on any atom is 0.0409 e. The monoisotopic (exact) mass is 265 g/mol. The lowest BCUT2D eigenvalue weighted by molar-refractivity contribution is 0.134. The number of rotatable bonds is 1. The lowest BCUT2D eigenvalue weighted by Gasteiger charge is -2.42. The van der Waals surface area contributed by atoms with Gasteiger partial charge < -0.3 is 5.73 Å². The van der Waals surface area contributed by atoms with Crippen LogP contribution in [0.4, 0.5) is 0 Å². The van der Waals surface area contributed by atoms with Crippen molar-refractivity contribution in [2.45, 2.75) is 52.0 Å². The smallest absolute Gasteiger partial charge is 0.0409 e. The summed E-state index contributed by atoms with van der Waals surface area (Å²) < 4.78 is 0. The largest absolute Gasteiger partial charge is 0.321 e. The summed E-state index contributed by atoms with van der Waals surface area (Å²) in [5, 5.41) is 0.783. The van der Waals surface area contributed by atoms with Gasteiger partial charge in [0.25, 0.3) is 0 Å². The van der Waals surface area contributed by atoms with Crippen molar-refractivity contribution in [3.05, 3.63) is 34.9 Å². The van der Waals surface area contributed by atoms with Crippen LogP contribution in [0.25, 0.3) is 0 Å². The molecule has 1 saturated carbocycles. The van der Waals surface area contributed by atoms with Gasteiger partial charge in [0, 0.05) is 10.6 Å². The molecular weight excluding hydrogens is 242 g/mol. The molecule has 2 rings (SSSR count). The zero-order valence-electron chi connectivity index (χ0n) is 11.7. The lowest BCUT2D eigenvalue weighted by atomic mass is 9.66. The Morgan fingerprint density at radius 2 is 1.61 bits per heavy atom. The Hall–Kier alpha value is -0.530. The molecule has 0 unspecified atom stereocenters. The van der Waals surface area contributed by atoms with E-state index in [1.807, 2.05) is 12.1 Å². The summed E-state index contributed by atoms with van der Waals surface area (Å²) >= 11 is 5.94. The van der Waals surface area contributed by atoms with E-state index in [2.05, 4.69) is 32.9 Å². The molecule has 0 spiro atoms. The van der Waals surface area contributed by atoms with Crippen molar-refractivity contribution >= 4 is 11.6 Å². The predicted octanol–water partition coefficient (Wildman–Crippen LogP) is 4.73. The maximum absolute atomic E-state index is 6.59. The van der Waals surface area contributed by atoms with Crippen LogP contribution in [0.2, 0.25) is 5.02 Å². The van der Waals surface area contributed by atoms with Gasteiger partial charge >= 0.3 is 0 Å². The number of benzene rings is 1. The van der Waals surface area contributed by atoms with Gasteiger partial charge in [0.15, 0.2) is 0 Å². The van der Waals surface area contributed by atoms with Gasteiger partial charge in [-0.05, 0) is 54.7 Å². The van der Waals surface area contributed by atoms with E-state index in [4.69, 9.17) is 17.3 Å². The highest BCUT2D eigenvalue weighted by Crippen LogP contribution is 2.44. The number of nitrogens with two attached hydrogens (primary N) is 1. The molecule has 1 aliphatic rings. The van der Waals surface area contributed by atoms with Gasteiger partial charge in [-0.3, -0.25) is 0 Å². The third-order valence-electron chi connectivity index (χ3n) is 4.52. The summed E-state index contributed by atoms with van der Waals surface area (Å²) in [7, 11) is 0. The van der Waals surface area contributed by atoms with E-state index in [9.17, 15) is 0 Å². The predicted molar refractivity (Wildman–Crippen MR) is 78.7 cm³/mol. The van der Waals surface area contributed by atoms with Crippen molar-refractivity contribution in [2.75, 3.05) is 0 Å². The van der Waals surface area contributed by atoms with Gasteiger partial charge in [0.2, 0.25) is 0 Å². The fourth-order valence-electron chi connectivity index (χ4n) is 3.07. The Morgan fingerprint density at radius 3 is 2.06 bits per heavy atom. The summed E-state index contributed by atoms with van der Waals surface area (Å²) in [6, 6.07) is 8.06. The molecule has 0 aliphatic heterocycles. The fourth-order valence-corrected chi connectivity index (χ4v) is 3.20. The molecule has 0 saturated heterocycles. The van der Waals surface area contributed by atoms with E-state index in [0.717, 1.165) is 23.8 Å². The normalized spacial score (nSPS) is 29.3. The van der Waals surface area contributed by atoms with Crippen LogP contribution in [0.5, 0.6) is 0 Å². The van der Waals surface area contributed by atoms with Crippen molar-refractivity contribution in [1.82, 2.24) is 0 Å². The molecule has 0 heterocycles. The highest BCUT2D eigenvalue weighted by molar-refractivity contribution is 6.30. The highest BCUT2D eigenvalue weighted by Gasteiger charge is 2.37. The van der Waals surface area contributed by atoms with Gasteiger partial charge in [-0.25, -0.2) is 0 Å². The molecule has 0 amide bonds. The van der Waals surface area contributed by atoms with E-state index in [1.165, 1.54) is 18.4 Å². The van der Waals surface area contributed by atoms with Crippen LogP contribution in [0.1, 0.15) is 52.0 Å². The second-order valence-corrected chi connectivity index (χ2v) is 7.24. The molecule has 1 fully saturated rings. The Bertz CT molecular complexity index is 394. The molecule has 1 aromatic carbocycles. The second kappa shape index (κ2) is 4.86. The van der Waals surface area contributed by atoms with Gasteiger partial charge in [-0.15, -0.1) is 0 Å². The van der Waals surface area contributed by atoms with E-state index < -0.39 is 0 Å². The average molecular weight is 266 g/mol. The Kier molecular flexibility index (Phi) is 3.75. The molecule has 0 atom stereocenters. The first-order chi connectivity index (χ1) is 8.31. The van der Waals surface area contributed by atoms with Crippen molar-refractivity contribution in [2.24, 2.45) is 17.1 Å². The molecule has 2 heteroatoms. The molecule has 0 bridgehead atoms. The van der Waals surface area contributed by atoms with E-state index in [1.54, 1.807) is 0 Å². The van der Waals surface area contributed by atoms with Crippen LogP contribution in [0.3, 0.4) is 0 Å². The minimum atomic E-state index is -0.146. The summed E-state index contributed by atoms with van der Waals surface area (Å²) in [6.07, 6.45) is 4.61. The van der Waals surface area contributed by atoms with Crippen molar-refractivity contribution < 1.29 is 0 Å². The topological polar surface area (TPSA) is 26.0 Å².